The molecule has 2 aromatic rings. The van der Waals surface area contributed by atoms with Gasteiger partial charge in [0, 0.05) is 10.6 Å². The van der Waals surface area contributed by atoms with Crippen molar-refractivity contribution < 1.29 is 4.74 Å². The van der Waals surface area contributed by atoms with E-state index in [1.165, 1.54) is 0 Å². The molecule has 0 radical (unpaired) electrons. The molecule has 0 aliphatic heterocycles. The van der Waals surface area contributed by atoms with Crippen LogP contribution in [0.2, 0.25) is 5.02 Å². The second-order valence-electron chi connectivity index (χ2n) is 4.77. The Bertz CT molecular complexity index is 633. The highest BCUT2D eigenvalue weighted by Crippen LogP contribution is 2.26. The maximum absolute atomic E-state index is 7.43. The average molecular weight is 325 g/mol. The summed E-state index contributed by atoms with van der Waals surface area (Å²) < 4.78 is 5.77. The molecule has 0 aliphatic carbocycles. The van der Waals surface area contributed by atoms with Crippen LogP contribution in [-0.4, -0.2) is 5.84 Å². The Kier molecular flexibility index (Phi) is 6.06. The normalized spacial score (nSPS) is 9.86. The van der Waals surface area contributed by atoms with Gasteiger partial charge in [0.1, 0.15) is 18.2 Å². The van der Waals surface area contributed by atoms with E-state index in [4.69, 9.17) is 27.5 Å². The first-order chi connectivity index (χ1) is 9.47. The summed E-state index contributed by atoms with van der Waals surface area (Å²) in [6.45, 7) is 4.35. The summed E-state index contributed by atoms with van der Waals surface area (Å²) in [5.74, 6) is 0.850. The van der Waals surface area contributed by atoms with Crippen LogP contribution in [0.4, 0.5) is 0 Å². The van der Waals surface area contributed by atoms with Crippen LogP contribution in [0.15, 0.2) is 36.4 Å². The van der Waals surface area contributed by atoms with Crippen molar-refractivity contribution in [2.75, 3.05) is 0 Å². The number of amidine groups is 1. The molecule has 0 saturated carbocycles. The highest BCUT2D eigenvalue weighted by Gasteiger charge is 2.04. The van der Waals surface area contributed by atoms with Gasteiger partial charge < -0.3 is 10.5 Å². The fraction of sp³-hybridized carbons (Fsp3) is 0.188. The van der Waals surface area contributed by atoms with Crippen molar-refractivity contribution in [2.45, 2.75) is 20.5 Å². The second-order valence-corrected chi connectivity index (χ2v) is 5.15. The Labute approximate surface area is 136 Å². The quantitative estimate of drug-likeness (QED) is 0.652. The molecule has 21 heavy (non-hydrogen) atoms. The second kappa shape index (κ2) is 7.34. The Hall–Kier alpha value is -1.71. The van der Waals surface area contributed by atoms with Crippen molar-refractivity contribution in [3.8, 4) is 5.75 Å². The first kappa shape index (κ1) is 17.3. The number of nitrogens with two attached hydrogens (primary N) is 1. The first-order valence-electron chi connectivity index (χ1n) is 6.30. The number of benzene rings is 2. The van der Waals surface area contributed by atoms with Crippen molar-refractivity contribution in [1.29, 1.82) is 5.41 Å². The van der Waals surface area contributed by atoms with E-state index in [0.29, 0.717) is 12.2 Å². The van der Waals surface area contributed by atoms with Gasteiger partial charge in [0.15, 0.2) is 0 Å². The molecule has 0 unspecified atom stereocenters. The van der Waals surface area contributed by atoms with Gasteiger partial charge >= 0.3 is 0 Å². The molecule has 3 nitrogen and oxygen atoms in total. The highest BCUT2D eigenvalue weighted by atomic mass is 35.5. The van der Waals surface area contributed by atoms with Crippen LogP contribution in [0.25, 0.3) is 0 Å². The number of hydrogen-bond acceptors (Lipinski definition) is 2. The summed E-state index contributed by atoms with van der Waals surface area (Å²) in [6.07, 6.45) is 0. The van der Waals surface area contributed by atoms with E-state index in [9.17, 15) is 0 Å². The van der Waals surface area contributed by atoms with E-state index in [0.717, 1.165) is 27.5 Å². The van der Waals surface area contributed by atoms with Crippen molar-refractivity contribution in [3.63, 3.8) is 0 Å². The molecule has 0 spiro atoms. The van der Waals surface area contributed by atoms with Crippen LogP contribution in [0.1, 0.15) is 22.3 Å². The minimum absolute atomic E-state index is 0. The number of hydrogen-bond donors (Lipinski definition) is 2. The molecule has 0 aromatic heterocycles. The van der Waals surface area contributed by atoms with E-state index in [1.54, 1.807) is 0 Å². The van der Waals surface area contributed by atoms with Gasteiger partial charge in [-0.2, -0.15) is 0 Å². The standard InChI is InChI=1S/C16H17ClN2O.ClH/c1-10-6-14(7-11(2)15(10)17)20-9-12-4-3-5-13(8-12)16(18)19;/h3-8H,9H2,1-2H3,(H3,18,19);1H. The van der Waals surface area contributed by atoms with Gasteiger partial charge in [0.25, 0.3) is 0 Å². The molecular weight excluding hydrogens is 307 g/mol. The summed E-state index contributed by atoms with van der Waals surface area (Å²) in [4.78, 5) is 0. The van der Waals surface area contributed by atoms with E-state index >= 15 is 0 Å². The van der Waals surface area contributed by atoms with Gasteiger partial charge in [-0.3, -0.25) is 5.41 Å². The zero-order valence-corrected chi connectivity index (χ0v) is 13.5. The molecule has 0 amide bonds. The monoisotopic (exact) mass is 324 g/mol. The zero-order chi connectivity index (χ0) is 14.7. The molecule has 0 fully saturated rings. The molecule has 0 heterocycles. The number of rotatable bonds is 4. The van der Waals surface area contributed by atoms with Gasteiger partial charge in [-0.1, -0.05) is 29.8 Å². The van der Waals surface area contributed by atoms with E-state index in [1.807, 2.05) is 50.2 Å². The summed E-state index contributed by atoms with van der Waals surface area (Å²) in [7, 11) is 0. The molecule has 0 bridgehead atoms. The van der Waals surface area contributed by atoms with Crippen molar-refractivity contribution in [1.82, 2.24) is 0 Å². The minimum atomic E-state index is 0. The first-order valence-corrected chi connectivity index (χ1v) is 6.68. The number of halogens is 2. The lowest BCUT2D eigenvalue weighted by Crippen LogP contribution is -2.11. The Morgan fingerprint density at radius 3 is 2.38 bits per heavy atom. The van der Waals surface area contributed by atoms with Gasteiger partial charge in [0.05, 0.1) is 0 Å². The van der Waals surface area contributed by atoms with Crippen LogP contribution in [-0.2, 0) is 6.61 Å². The number of aryl methyl sites for hydroxylation is 2. The van der Waals surface area contributed by atoms with Crippen molar-refractivity contribution >= 4 is 29.8 Å². The van der Waals surface area contributed by atoms with Gasteiger partial charge in [-0.15, -0.1) is 12.4 Å². The molecular formula is C16H18Cl2N2O. The summed E-state index contributed by atoms with van der Waals surface area (Å²) in [5.41, 5.74) is 9.15. The third kappa shape index (κ3) is 4.38. The zero-order valence-electron chi connectivity index (χ0n) is 11.9. The largest absolute Gasteiger partial charge is 0.489 e. The predicted octanol–water partition coefficient (Wildman–Crippen LogP) is 4.24. The lowest BCUT2D eigenvalue weighted by molar-refractivity contribution is 0.306. The lowest BCUT2D eigenvalue weighted by atomic mass is 10.1. The van der Waals surface area contributed by atoms with Crippen LogP contribution in [0.3, 0.4) is 0 Å². The molecule has 2 rings (SSSR count). The average Bonchev–Trinajstić information content (AvgIpc) is 2.42. The lowest BCUT2D eigenvalue weighted by Gasteiger charge is -2.10. The van der Waals surface area contributed by atoms with Gasteiger partial charge in [-0.25, -0.2) is 0 Å². The molecule has 5 heteroatoms. The molecule has 0 aliphatic rings. The van der Waals surface area contributed by atoms with E-state index in [-0.39, 0.29) is 18.2 Å². The molecule has 0 saturated heterocycles. The van der Waals surface area contributed by atoms with Crippen LogP contribution >= 0.6 is 24.0 Å². The highest BCUT2D eigenvalue weighted by molar-refractivity contribution is 6.32. The van der Waals surface area contributed by atoms with Crippen LogP contribution < -0.4 is 10.5 Å². The maximum Gasteiger partial charge on any atom is 0.122 e. The fourth-order valence-corrected chi connectivity index (χ4v) is 2.09. The number of nitrogens with one attached hydrogen (secondary N) is 1. The molecule has 112 valence electrons. The Morgan fingerprint density at radius 2 is 1.81 bits per heavy atom. The summed E-state index contributed by atoms with van der Waals surface area (Å²) >= 11 is 6.13. The topological polar surface area (TPSA) is 59.1 Å². The summed E-state index contributed by atoms with van der Waals surface area (Å²) in [5, 5.41) is 8.20. The van der Waals surface area contributed by atoms with Crippen molar-refractivity contribution in [3.05, 3.63) is 63.7 Å². The Balaban J connectivity index is 0.00000220. The van der Waals surface area contributed by atoms with E-state index in [2.05, 4.69) is 0 Å². The number of ether oxygens (including phenoxy) is 1. The predicted molar refractivity (Wildman–Crippen MR) is 90.0 cm³/mol. The van der Waals surface area contributed by atoms with E-state index < -0.39 is 0 Å². The summed E-state index contributed by atoms with van der Waals surface area (Å²) in [6, 6.07) is 11.3. The maximum atomic E-state index is 7.43. The van der Waals surface area contributed by atoms with Gasteiger partial charge in [0.2, 0.25) is 0 Å². The molecule has 3 N–H and O–H groups in total. The smallest absolute Gasteiger partial charge is 0.122 e. The number of nitrogen functional groups attached to an aromatic ring is 1. The van der Waals surface area contributed by atoms with Gasteiger partial charge in [-0.05, 0) is 48.7 Å². The fourth-order valence-electron chi connectivity index (χ4n) is 1.98. The molecule has 0 atom stereocenters. The SMILES string of the molecule is Cc1cc(OCc2cccc(C(=N)N)c2)cc(C)c1Cl.Cl. The third-order valence-corrected chi connectivity index (χ3v) is 3.65. The Morgan fingerprint density at radius 1 is 1.19 bits per heavy atom. The third-order valence-electron chi connectivity index (χ3n) is 3.05. The van der Waals surface area contributed by atoms with Crippen LogP contribution in [0, 0.1) is 19.3 Å². The van der Waals surface area contributed by atoms with Crippen molar-refractivity contribution in [2.24, 2.45) is 5.73 Å². The minimum Gasteiger partial charge on any atom is -0.489 e. The van der Waals surface area contributed by atoms with Crippen LogP contribution in [0.5, 0.6) is 5.75 Å². The molecule has 2 aromatic carbocycles.